The Balaban J connectivity index is 1.46. The van der Waals surface area contributed by atoms with Crippen LogP contribution in [0.2, 0.25) is 0 Å². The van der Waals surface area contributed by atoms with E-state index < -0.39 is 12.0 Å². The first-order valence-corrected chi connectivity index (χ1v) is 13.0. The summed E-state index contributed by atoms with van der Waals surface area (Å²) in [6.07, 6.45) is 1.81. The van der Waals surface area contributed by atoms with E-state index in [0.717, 1.165) is 16.0 Å². The molecule has 184 valence electrons. The van der Waals surface area contributed by atoms with Gasteiger partial charge in [-0.3, -0.25) is 9.36 Å². The summed E-state index contributed by atoms with van der Waals surface area (Å²) in [7, 11) is 1.33. The van der Waals surface area contributed by atoms with Crippen LogP contribution in [0.25, 0.3) is 6.08 Å². The summed E-state index contributed by atoms with van der Waals surface area (Å²) in [5.41, 5.74) is 2.91. The first-order chi connectivity index (χ1) is 18.0. The van der Waals surface area contributed by atoms with Crippen LogP contribution < -0.4 is 19.6 Å². The van der Waals surface area contributed by atoms with Crippen LogP contribution in [0.5, 0.6) is 5.75 Å². The average molecular weight is 528 g/mol. The molecule has 0 saturated heterocycles. The van der Waals surface area contributed by atoms with Crippen molar-refractivity contribution in [2.24, 2.45) is 4.99 Å². The number of carbonyl (C=O) groups is 1. The molecule has 0 aliphatic carbocycles. The number of nitriles is 1. The molecule has 3 heterocycles. The zero-order chi connectivity index (χ0) is 25.9. The molecule has 1 atom stereocenters. The highest BCUT2D eigenvalue weighted by atomic mass is 32.1. The Hall–Kier alpha value is -4.26. The quantitative estimate of drug-likeness (QED) is 0.355. The van der Waals surface area contributed by atoms with Crippen molar-refractivity contribution in [3.8, 4) is 11.8 Å². The number of thiophene rings is 1. The number of fused-ring (bicyclic) bond motifs is 1. The molecule has 1 unspecified atom stereocenters. The maximum atomic E-state index is 13.5. The van der Waals surface area contributed by atoms with E-state index in [1.807, 2.05) is 60.0 Å². The Labute approximate surface area is 220 Å². The zero-order valence-electron chi connectivity index (χ0n) is 20.0. The number of nitrogens with zero attached hydrogens (tertiary/aromatic N) is 3. The number of allylic oxidation sites excluding steroid dienone is 1. The summed E-state index contributed by atoms with van der Waals surface area (Å²) in [6, 6.07) is 20.1. The smallest absolute Gasteiger partial charge is 0.338 e. The molecule has 0 spiro atoms. The molecule has 0 bridgehead atoms. The van der Waals surface area contributed by atoms with Crippen LogP contribution in [-0.4, -0.2) is 17.6 Å². The van der Waals surface area contributed by atoms with Crippen LogP contribution in [0.1, 0.15) is 34.5 Å². The molecule has 37 heavy (non-hydrogen) atoms. The predicted molar refractivity (Wildman–Crippen MR) is 142 cm³/mol. The average Bonchev–Trinajstić information content (AvgIpc) is 3.56. The summed E-state index contributed by atoms with van der Waals surface area (Å²) in [5, 5.41) is 11.2. The van der Waals surface area contributed by atoms with Crippen molar-refractivity contribution < 1.29 is 14.3 Å². The summed E-state index contributed by atoms with van der Waals surface area (Å²) < 4.78 is 13.0. The van der Waals surface area contributed by atoms with Gasteiger partial charge in [0.1, 0.15) is 18.4 Å². The van der Waals surface area contributed by atoms with Crippen LogP contribution >= 0.6 is 22.7 Å². The van der Waals surface area contributed by atoms with Crippen molar-refractivity contribution in [2.45, 2.75) is 19.6 Å². The Morgan fingerprint density at radius 3 is 2.65 bits per heavy atom. The zero-order valence-corrected chi connectivity index (χ0v) is 21.6. The second kappa shape index (κ2) is 10.4. The lowest BCUT2D eigenvalue weighted by Gasteiger charge is -2.22. The van der Waals surface area contributed by atoms with Crippen molar-refractivity contribution >= 4 is 34.7 Å². The number of methoxy groups -OCH3 is 1. The molecule has 9 heteroatoms. The van der Waals surface area contributed by atoms with E-state index >= 15 is 0 Å². The van der Waals surface area contributed by atoms with Crippen molar-refractivity contribution in [1.82, 2.24) is 4.57 Å². The lowest BCUT2D eigenvalue weighted by molar-refractivity contribution is -0.136. The first-order valence-electron chi connectivity index (χ1n) is 11.4. The molecule has 0 N–H and O–H groups in total. The lowest BCUT2D eigenvalue weighted by Crippen LogP contribution is -2.39. The predicted octanol–water partition coefficient (Wildman–Crippen LogP) is 3.92. The van der Waals surface area contributed by atoms with Gasteiger partial charge in [0, 0.05) is 10.4 Å². The van der Waals surface area contributed by atoms with Crippen molar-refractivity contribution in [2.75, 3.05) is 7.11 Å². The molecule has 0 fully saturated rings. The fraction of sp³-hybridized carbons (Fsp3) is 0.143. The second-order valence-electron chi connectivity index (χ2n) is 8.22. The van der Waals surface area contributed by atoms with Gasteiger partial charge in [0.25, 0.3) is 5.56 Å². The molecule has 7 nitrogen and oxygen atoms in total. The number of esters is 1. The van der Waals surface area contributed by atoms with Gasteiger partial charge in [0.05, 0.1) is 34.5 Å². The molecule has 2 aromatic heterocycles. The summed E-state index contributed by atoms with van der Waals surface area (Å²) in [5.74, 6) is 0.157. The van der Waals surface area contributed by atoms with E-state index in [1.54, 1.807) is 23.6 Å². The van der Waals surface area contributed by atoms with Gasteiger partial charge < -0.3 is 9.47 Å². The minimum Gasteiger partial charge on any atom is -0.489 e. The van der Waals surface area contributed by atoms with Gasteiger partial charge in [-0.05, 0) is 48.2 Å². The Morgan fingerprint density at radius 2 is 1.95 bits per heavy atom. The fourth-order valence-electron chi connectivity index (χ4n) is 4.14. The molecule has 2 aromatic carbocycles. The van der Waals surface area contributed by atoms with E-state index in [2.05, 4.69) is 11.1 Å². The van der Waals surface area contributed by atoms with Gasteiger partial charge in [-0.2, -0.15) is 5.26 Å². The standard InChI is InChI=1S/C28H21N3O4S2/c1-17-24(27(33)34-2)25(22-8-5-13-36-22)31-26(32)23(37-28(31)30-17)14-18-9-11-21(12-10-18)35-16-20-7-4-3-6-19(20)15-29/h3-14,25H,16H2,1-2H3. The Morgan fingerprint density at radius 1 is 1.16 bits per heavy atom. The molecule has 1 aliphatic heterocycles. The van der Waals surface area contributed by atoms with Gasteiger partial charge in [0.15, 0.2) is 4.80 Å². The molecule has 1 aliphatic rings. The normalized spacial score (nSPS) is 15.1. The minimum absolute atomic E-state index is 0.218. The molecular weight excluding hydrogens is 506 g/mol. The Bertz CT molecular complexity index is 1720. The molecule has 4 aromatic rings. The Kier molecular flexibility index (Phi) is 6.86. The molecule has 0 saturated carbocycles. The number of carbonyl (C=O) groups excluding carboxylic acids is 1. The highest BCUT2D eigenvalue weighted by Gasteiger charge is 2.33. The van der Waals surface area contributed by atoms with Gasteiger partial charge >= 0.3 is 5.97 Å². The topological polar surface area (TPSA) is 93.7 Å². The summed E-state index contributed by atoms with van der Waals surface area (Å²) in [4.78, 5) is 32.1. The third-order valence-corrected chi connectivity index (χ3v) is 7.86. The number of thiazole rings is 1. The lowest BCUT2D eigenvalue weighted by atomic mass is 10.0. The van der Waals surface area contributed by atoms with Crippen molar-refractivity contribution in [3.05, 3.63) is 119 Å². The highest BCUT2D eigenvalue weighted by Crippen LogP contribution is 2.33. The summed E-state index contributed by atoms with van der Waals surface area (Å²) in [6.45, 7) is 2.05. The second-order valence-corrected chi connectivity index (χ2v) is 10.2. The van der Waals surface area contributed by atoms with Crippen LogP contribution in [0, 0.1) is 11.3 Å². The number of hydrogen-bond donors (Lipinski definition) is 0. The van der Waals surface area contributed by atoms with E-state index in [-0.39, 0.29) is 12.2 Å². The third-order valence-electron chi connectivity index (χ3n) is 5.95. The number of benzene rings is 2. The fourth-order valence-corrected chi connectivity index (χ4v) is 6.01. The highest BCUT2D eigenvalue weighted by molar-refractivity contribution is 7.10. The van der Waals surface area contributed by atoms with Crippen LogP contribution in [-0.2, 0) is 16.1 Å². The van der Waals surface area contributed by atoms with E-state index in [1.165, 1.54) is 29.8 Å². The van der Waals surface area contributed by atoms with E-state index in [0.29, 0.717) is 31.9 Å². The van der Waals surface area contributed by atoms with Crippen LogP contribution in [0.4, 0.5) is 0 Å². The van der Waals surface area contributed by atoms with Gasteiger partial charge in [-0.1, -0.05) is 47.7 Å². The van der Waals surface area contributed by atoms with Gasteiger partial charge in [-0.25, -0.2) is 9.79 Å². The first kappa shape index (κ1) is 24.4. The van der Waals surface area contributed by atoms with Crippen molar-refractivity contribution in [3.63, 3.8) is 0 Å². The molecular formula is C28H21N3O4S2. The molecule has 0 radical (unpaired) electrons. The maximum absolute atomic E-state index is 13.5. The minimum atomic E-state index is -0.585. The van der Waals surface area contributed by atoms with Gasteiger partial charge in [0.2, 0.25) is 0 Å². The van der Waals surface area contributed by atoms with E-state index in [4.69, 9.17) is 9.47 Å². The maximum Gasteiger partial charge on any atom is 0.338 e. The third kappa shape index (κ3) is 4.77. The number of aromatic nitrogens is 1. The molecule has 0 amide bonds. The van der Waals surface area contributed by atoms with Crippen LogP contribution in [0.15, 0.2) is 87.1 Å². The number of rotatable bonds is 6. The van der Waals surface area contributed by atoms with Crippen LogP contribution in [0.3, 0.4) is 0 Å². The van der Waals surface area contributed by atoms with Crippen molar-refractivity contribution in [1.29, 1.82) is 5.26 Å². The summed E-state index contributed by atoms with van der Waals surface area (Å²) >= 11 is 2.76. The monoisotopic (exact) mass is 527 g/mol. The SMILES string of the molecule is COC(=O)C1=C(C)N=c2sc(=Cc3ccc(OCc4ccccc4C#N)cc3)c(=O)n2C1c1cccs1. The van der Waals surface area contributed by atoms with Gasteiger partial charge in [-0.15, -0.1) is 11.3 Å². The van der Waals surface area contributed by atoms with E-state index in [9.17, 15) is 14.9 Å². The number of hydrogen-bond acceptors (Lipinski definition) is 8. The number of ether oxygens (including phenoxy) is 2. The molecule has 5 rings (SSSR count). The largest absolute Gasteiger partial charge is 0.489 e.